The highest BCUT2D eigenvalue weighted by Gasteiger charge is 2.40. The maximum absolute atomic E-state index is 13.8. The van der Waals surface area contributed by atoms with Crippen molar-refractivity contribution in [1.82, 2.24) is 14.7 Å². The van der Waals surface area contributed by atoms with Crippen molar-refractivity contribution in [3.8, 4) is 5.69 Å². The van der Waals surface area contributed by atoms with E-state index in [-0.39, 0.29) is 17.3 Å². The Balaban J connectivity index is 1.93. The molecule has 1 N–H and O–H groups in total. The molecule has 1 aromatic heterocycles. The fraction of sp³-hybridized carbons (Fsp3) is 0.227. The first-order valence-corrected chi connectivity index (χ1v) is 10.1. The Kier molecular flexibility index (Phi) is 6.88. The van der Waals surface area contributed by atoms with Crippen LogP contribution >= 0.6 is 11.6 Å². The number of hydrogen-bond acceptors (Lipinski definition) is 3. The molecule has 10 heteroatoms. The average Bonchev–Trinajstić information content (AvgIpc) is 3.21. The summed E-state index contributed by atoms with van der Waals surface area (Å²) in [5, 5.41) is 6.55. The van der Waals surface area contributed by atoms with Gasteiger partial charge in [-0.15, -0.1) is 0 Å². The number of hydrogen-bond donors (Lipinski definition) is 1. The van der Waals surface area contributed by atoms with Crippen LogP contribution in [0.25, 0.3) is 5.69 Å². The van der Waals surface area contributed by atoms with Crippen molar-refractivity contribution in [2.75, 3.05) is 18.4 Å². The predicted molar refractivity (Wildman–Crippen MR) is 115 cm³/mol. The van der Waals surface area contributed by atoms with E-state index < -0.39 is 23.3 Å². The molecule has 0 aliphatic carbocycles. The van der Waals surface area contributed by atoms with Crippen molar-refractivity contribution in [3.63, 3.8) is 0 Å². The zero-order valence-electron chi connectivity index (χ0n) is 17.3. The quantitative estimate of drug-likeness (QED) is 0.539. The van der Waals surface area contributed by atoms with Crippen LogP contribution in [0.15, 0.2) is 54.7 Å². The summed E-state index contributed by atoms with van der Waals surface area (Å²) in [6.07, 6.45) is -3.99. The molecule has 2 amide bonds. The summed E-state index contributed by atoms with van der Waals surface area (Å²) in [5.74, 6) is -1.23. The van der Waals surface area contributed by atoms with Gasteiger partial charge in [0.1, 0.15) is 0 Å². The molecule has 0 aliphatic heterocycles. The molecule has 0 unspecified atom stereocenters. The largest absolute Gasteiger partial charge is 0.434 e. The van der Waals surface area contributed by atoms with Gasteiger partial charge in [0.05, 0.1) is 17.4 Å². The summed E-state index contributed by atoms with van der Waals surface area (Å²) in [7, 11) is 0. The van der Waals surface area contributed by atoms with Crippen molar-refractivity contribution in [3.05, 3.63) is 76.6 Å². The molecule has 0 fully saturated rings. The van der Waals surface area contributed by atoms with Crippen LogP contribution in [0.4, 0.5) is 18.9 Å². The molecule has 0 saturated heterocycles. The summed E-state index contributed by atoms with van der Waals surface area (Å²) < 4.78 is 42.1. The number of halogens is 4. The molecule has 1 heterocycles. The van der Waals surface area contributed by atoms with Crippen molar-refractivity contribution in [1.29, 1.82) is 0 Å². The minimum absolute atomic E-state index is 0.104. The van der Waals surface area contributed by atoms with E-state index in [2.05, 4.69) is 10.4 Å². The zero-order valence-corrected chi connectivity index (χ0v) is 18.0. The van der Waals surface area contributed by atoms with Crippen LogP contribution in [0, 0.1) is 0 Å². The van der Waals surface area contributed by atoms with Gasteiger partial charge < -0.3 is 10.2 Å². The lowest BCUT2D eigenvalue weighted by Gasteiger charge is -2.19. The minimum atomic E-state index is -4.84. The average molecular weight is 465 g/mol. The SMILES string of the molecule is CCN(CC)C(=O)c1cccc(NC(=O)c2cnn(-c3ccc(Cl)cc3)c2C(F)(F)F)c1. The molecule has 0 bridgehead atoms. The second-order valence-electron chi connectivity index (χ2n) is 6.81. The summed E-state index contributed by atoms with van der Waals surface area (Å²) in [6.45, 7) is 4.68. The Morgan fingerprint density at radius 3 is 2.34 bits per heavy atom. The van der Waals surface area contributed by atoms with E-state index in [1.165, 1.54) is 36.4 Å². The summed E-state index contributed by atoms with van der Waals surface area (Å²) >= 11 is 5.80. The Morgan fingerprint density at radius 2 is 1.75 bits per heavy atom. The van der Waals surface area contributed by atoms with Crippen LogP contribution < -0.4 is 5.32 Å². The molecule has 168 valence electrons. The van der Waals surface area contributed by atoms with Gasteiger partial charge in [0.25, 0.3) is 11.8 Å². The van der Waals surface area contributed by atoms with Gasteiger partial charge in [-0.05, 0) is 56.3 Å². The van der Waals surface area contributed by atoms with E-state index in [0.29, 0.717) is 28.4 Å². The van der Waals surface area contributed by atoms with E-state index in [1.54, 1.807) is 17.0 Å². The number of anilines is 1. The maximum atomic E-state index is 13.8. The molecule has 0 aliphatic rings. The Bertz CT molecular complexity index is 1120. The molecule has 3 rings (SSSR count). The first-order valence-electron chi connectivity index (χ1n) is 9.77. The Labute approximate surface area is 187 Å². The van der Waals surface area contributed by atoms with Gasteiger partial charge in [-0.25, -0.2) is 4.68 Å². The van der Waals surface area contributed by atoms with Crippen molar-refractivity contribution in [2.24, 2.45) is 0 Å². The van der Waals surface area contributed by atoms with Gasteiger partial charge in [-0.3, -0.25) is 9.59 Å². The highest BCUT2D eigenvalue weighted by molar-refractivity contribution is 6.30. The van der Waals surface area contributed by atoms with Gasteiger partial charge in [0, 0.05) is 29.4 Å². The van der Waals surface area contributed by atoms with Crippen molar-refractivity contribution in [2.45, 2.75) is 20.0 Å². The van der Waals surface area contributed by atoms with Crippen LogP contribution in [-0.2, 0) is 6.18 Å². The highest BCUT2D eigenvalue weighted by Crippen LogP contribution is 2.34. The third kappa shape index (κ3) is 4.94. The maximum Gasteiger partial charge on any atom is 0.434 e. The van der Waals surface area contributed by atoms with Crippen molar-refractivity contribution < 1.29 is 22.8 Å². The minimum Gasteiger partial charge on any atom is -0.339 e. The zero-order chi connectivity index (χ0) is 23.5. The van der Waals surface area contributed by atoms with E-state index >= 15 is 0 Å². The van der Waals surface area contributed by atoms with Gasteiger partial charge in [0.2, 0.25) is 0 Å². The number of carbonyl (C=O) groups excluding carboxylic acids is 2. The third-order valence-corrected chi connectivity index (χ3v) is 5.02. The number of aromatic nitrogens is 2. The molecular formula is C22H20ClF3N4O2. The predicted octanol–water partition coefficient (Wildman–Crippen LogP) is 5.28. The standard InChI is InChI=1S/C22H20ClF3N4O2/c1-3-29(4-2)21(32)14-6-5-7-16(12-14)28-20(31)18-13-27-30(19(18)22(24,25)26)17-10-8-15(23)9-11-17/h5-13H,3-4H2,1-2H3,(H,28,31). The lowest BCUT2D eigenvalue weighted by Crippen LogP contribution is -2.30. The molecule has 0 atom stereocenters. The number of rotatable bonds is 6. The Morgan fingerprint density at radius 1 is 1.09 bits per heavy atom. The number of amides is 2. The molecule has 2 aromatic carbocycles. The number of nitrogens with one attached hydrogen (secondary N) is 1. The molecule has 0 spiro atoms. The van der Waals surface area contributed by atoms with Crippen LogP contribution in [0.2, 0.25) is 5.02 Å². The third-order valence-electron chi connectivity index (χ3n) is 4.77. The summed E-state index contributed by atoms with van der Waals surface area (Å²) in [6, 6.07) is 11.6. The van der Waals surface area contributed by atoms with Crippen molar-refractivity contribution >= 4 is 29.1 Å². The second kappa shape index (κ2) is 9.44. The molecular weight excluding hydrogens is 445 g/mol. The van der Waals surface area contributed by atoms with Gasteiger partial charge in [-0.2, -0.15) is 18.3 Å². The van der Waals surface area contributed by atoms with Crippen LogP contribution in [0.3, 0.4) is 0 Å². The smallest absolute Gasteiger partial charge is 0.339 e. The normalized spacial score (nSPS) is 11.3. The molecule has 3 aromatic rings. The summed E-state index contributed by atoms with van der Waals surface area (Å²) in [4.78, 5) is 26.8. The summed E-state index contributed by atoms with van der Waals surface area (Å²) in [5.41, 5.74) is -1.24. The van der Waals surface area contributed by atoms with Crippen LogP contribution in [0.1, 0.15) is 40.3 Å². The number of benzene rings is 2. The topological polar surface area (TPSA) is 67.2 Å². The van der Waals surface area contributed by atoms with E-state index in [4.69, 9.17) is 11.6 Å². The first kappa shape index (κ1) is 23.3. The first-order chi connectivity index (χ1) is 15.2. The lowest BCUT2D eigenvalue weighted by atomic mass is 10.1. The number of nitrogens with zero attached hydrogens (tertiary/aromatic N) is 3. The molecule has 6 nitrogen and oxygen atoms in total. The molecule has 0 saturated carbocycles. The Hall–Kier alpha value is -3.33. The monoisotopic (exact) mass is 464 g/mol. The highest BCUT2D eigenvalue weighted by atomic mass is 35.5. The molecule has 0 radical (unpaired) electrons. The fourth-order valence-corrected chi connectivity index (χ4v) is 3.31. The van der Waals surface area contributed by atoms with Crippen LogP contribution in [-0.4, -0.2) is 39.6 Å². The van der Waals surface area contributed by atoms with E-state index in [9.17, 15) is 22.8 Å². The van der Waals surface area contributed by atoms with Gasteiger partial charge in [-0.1, -0.05) is 17.7 Å². The second-order valence-corrected chi connectivity index (χ2v) is 7.24. The van der Waals surface area contributed by atoms with E-state index in [0.717, 1.165) is 6.20 Å². The number of alkyl halides is 3. The number of carbonyl (C=O) groups is 2. The van der Waals surface area contributed by atoms with Gasteiger partial charge >= 0.3 is 6.18 Å². The fourth-order valence-electron chi connectivity index (χ4n) is 3.19. The van der Waals surface area contributed by atoms with Crippen LogP contribution in [0.5, 0.6) is 0 Å². The lowest BCUT2D eigenvalue weighted by molar-refractivity contribution is -0.143. The van der Waals surface area contributed by atoms with E-state index in [1.807, 2.05) is 13.8 Å². The molecule has 32 heavy (non-hydrogen) atoms. The van der Waals surface area contributed by atoms with Gasteiger partial charge in [0.15, 0.2) is 5.69 Å².